The Morgan fingerprint density at radius 2 is 2.19 bits per heavy atom. The van der Waals surface area contributed by atoms with Crippen molar-refractivity contribution in [1.82, 2.24) is 0 Å². The highest BCUT2D eigenvalue weighted by Gasteiger charge is 2.31. The van der Waals surface area contributed by atoms with Gasteiger partial charge >= 0.3 is 0 Å². The molecule has 0 aromatic carbocycles. The molecule has 0 saturated carbocycles. The smallest absolute Gasteiger partial charge is 0.114 e. The van der Waals surface area contributed by atoms with E-state index in [4.69, 9.17) is 9.15 Å². The summed E-state index contributed by atoms with van der Waals surface area (Å²) in [5.41, 5.74) is 0.343. The molecule has 0 bridgehead atoms. The lowest BCUT2D eigenvalue weighted by molar-refractivity contribution is 0.0371. The van der Waals surface area contributed by atoms with Crippen molar-refractivity contribution in [3.8, 4) is 0 Å². The number of hydrogen-bond donors (Lipinski definition) is 1. The maximum Gasteiger partial charge on any atom is 0.114 e. The zero-order valence-electron chi connectivity index (χ0n) is 9.57. The van der Waals surface area contributed by atoms with Gasteiger partial charge in [-0.05, 0) is 37.0 Å². The molecule has 0 unspecified atom stereocenters. The Balaban J connectivity index is 1.94. The van der Waals surface area contributed by atoms with E-state index in [-0.39, 0.29) is 0 Å². The van der Waals surface area contributed by atoms with Crippen molar-refractivity contribution in [2.24, 2.45) is 5.41 Å². The number of thiol groups is 1. The second-order valence-corrected chi connectivity index (χ2v) is 5.73. The average Bonchev–Trinajstić information content (AvgIpc) is 2.74. The van der Waals surface area contributed by atoms with Crippen LogP contribution in [0.3, 0.4) is 0 Å². The first-order valence-corrected chi connectivity index (χ1v) is 7.23. The van der Waals surface area contributed by atoms with Gasteiger partial charge in [0, 0.05) is 23.9 Å². The third-order valence-corrected chi connectivity index (χ3v) is 5.40. The Labute approximate surface area is 107 Å². The van der Waals surface area contributed by atoms with Gasteiger partial charge in [-0.3, -0.25) is 0 Å². The van der Waals surface area contributed by atoms with Crippen molar-refractivity contribution in [2.75, 3.05) is 24.7 Å². The van der Waals surface area contributed by atoms with E-state index in [1.807, 2.05) is 24.8 Å². The van der Waals surface area contributed by atoms with Crippen LogP contribution < -0.4 is 0 Å². The fraction of sp³-hybridized carbons (Fsp3) is 0.667. The molecular weight excluding hydrogens is 240 g/mol. The van der Waals surface area contributed by atoms with Gasteiger partial charge in [-0.1, -0.05) is 0 Å². The highest BCUT2D eigenvalue weighted by molar-refractivity contribution is 7.99. The van der Waals surface area contributed by atoms with Crippen LogP contribution in [0.4, 0.5) is 0 Å². The molecule has 0 atom stereocenters. The van der Waals surface area contributed by atoms with Gasteiger partial charge < -0.3 is 9.15 Å². The minimum Gasteiger partial charge on any atom is -0.468 e. The molecule has 0 aliphatic carbocycles. The van der Waals surface area contributed by atoms with E-state index in [1.54, 1.807) is 6.26 Å². The zero-order valence-corrected chi connectivity index (χ0v) is 11.3. The molecule has 1 aromatic rings. The van der Waals surface area contributed by atoms with Crippen molar-refractivity contribution in [2.45, 2.75) is 24.7 Å². The summed E-state index contributed by atoms with van der Waals surface area (Å²) in [6.45, 7) is 3.77. The van der Waals surface area contributed by atoms with Crippen molar-refractivity contribution in [3.05, 3.63) is 18.1 Å². The summed E-state index contributed by atoms with van der Waals surface area (Å²) in [7, 11) is 0. The van der Waals surface area contributed by atoms with Gasteiger partial charge in [0.1, 0.15) is 5.76 Å². The van der Waals surface area contributed by atoms with E-state index in [0.717, 1.165) is 43.3 Å². The van der Waals surface area contributed by atoms with Gasteiger partial charge in [-0.25, -0.2) is 0 Å². The van der Waals surface area contributed by atoms with Crippen LogP contribution in [0, 0.1) is 12.3 Å². The Hall–Kier alpha value is -0.0600. The van der Waals surface area contributed by atoms with Crippen LogP contribution in [0.25, 0.3) is 0 Å². The summed E-state index contributed by atoms with van der Waals surface area (Å²) in [5.74, 6) is 3.08. The highest BCUT2D eigenvalue weighted by Crippen LogP contribution is 2.38. The molecule has 1 aliphatic rings. The third kappa shape index (κ3) is 2.79. The molecule has 1 saturated heterocycles. The van der Waals surface area contributed by atoms with Crippen LogP contribution >= 0.6 is 24.4 Å². The topological polar surface area (TPSA) is 22.4 Å². The summed E-state index contributed by atoms with van der Waals surface area (Å²) < 4.78 is 10.7. The highest BCUT2D eigenvalue weighted by atomic mass is 32.2. The van der Waals surface area contributed by atoms with Crippen LogP contribution in [-0.4, -0.2) is 24.7 Å². The van der Waals surface area contributed by atoms with Crippen LogP contribution in [0.15, 0.2) is 21.6 Å². The molecule has 1 fully saturated rings. The molecular formula is C12H18O2S2. The fourth-order valence-corrected chi connectivity index (χ4v) is 3.74. The van der Waals surface area contributed by atoms with Crippen molar-refractivity contribution < 1.29 is 9.15 Å². The molecule has 2 rings (SSSR count). The first-order chi connectivity index (χ1) is 7.76. The molecule has 16 heavy (non-hydrogen) atoms. The van der Waals surface area contributed by atoms with Crippen LogP contribution in [0.1, 0.15) is 18.6 Å². The molecule has 0 radical (unpaired) electrons. The maximum absolute atomic E-state index is 5.43. The van der Waals surface area contributed by atoms with Gasteiger partial charge in [0.05, 0.1) is 6.26 Å². The molecule has 2 heterocycles. The number of rotatable bonds is 4. The fourth-order valence-electron chi connectivity index (χ4n) is 1.91. The molecule has 0 spiro atoms. The van der Waals surface area contributed by atoms with Crippen molar-refractivity contribution in [1.29, 1.82) is 0 Å². The quantitative estimate of drug-likeness (QED) is 0.661. The second-order valence-electron chi connectivity index (χ2n) is 4.40. The van der Waals surface area contributed by atoms with E-state index >= 15 is 0 Å². The minimum absolute atomic E-state index is 0.343. The molecule has 1 aliphatic heterocycles. The minimum atomic E-state index is 0.343. The Kier molecular flexibility index (Phi) is 4.27. The van der Waals surface area contributed by atoms with Gasteiger partial charge in [0.15, 0.2) is 0 Å². The SMILES string of the molecule is Cc1occc1SCC1(CS)CCOCC1. The van der Waals surface area contributed by atoms with Gasteiger partial charge in [0.2, 0.25) is 0 Å². The van der Waals surface area contributed by atoms with Crippen LogP contribution in [0.2, 0.25) is 0 Å². The van der Waals surface area contributed by atoms with E-state index in [1.165, 1.54) is 4.90 Å². The van der Waals surface area contributed by atoms with E-state index in [0.29, 0.717) is 5.41 Å². The summed E-state index contributed by atoms with van der Waals surface area (Å²) in [4.78, 5) is 1.26. The number of hydrogen-bond acceptors (Lipinski definition) is 4. The van der Waals surface area contributed by atoms with E-state index < -0.39 is 0 Å². The van der Waals surface area contributed by atoms with Crippen molar-refractivity contribution >= 4 is 24.4 Å². The van der Waals surface area contributed by atoms with Crippen LogP contribution in [0.5, 0.6) is 0 Å². The lowest BCUT2D eigenvalue weighted by Gasteiger charge is -2.35. The first-order valence-electron chi connectivity index (χ1n) is 5.61. The molecule has 2 nitrogen and oxygen atoms in total. The number of thioether (sulfide) groups is 1. The second kappa shape index (κ2) is 5.52. The Morgan fingerprint density at radius 1 is 1.44 bits per heavy atom. The van der Waals surface area contributed by atoms with Gasteiger partial charge in [-0.15, -0.1) is 11.8 Å². The molecule has 0 amide bonds. The Bertz CT molecular complexity index is 330. The lowest BCUT2D eigenvalue weighted by atomic mass is 9.84. The summed E-state index contributed by atoms with van der Waals surface area (Å²) in [6.07, 6.45) is 4.01. The standard InChI is InChI=1S/C12H18O2S2/c1-10-11(2-5-14-10)16-9-12(8-15)3-6-13-7-4-12/h2,5,15H,3-4,6-9H2,1H3. The monoisotopic (exact) mass is 258 g/mol. The van der Waals surface area contributed by atoms with Gasteiger partial charge in [-0.2, -0.15) is 12.6 Å². The molecule has 90 valence electrons. The van der Waals surface area contributed by atoms with Crippen LogP contribution in [-0.2, 0) is 4.74 Å². The molecule has 1 aromatic heterocycles. The zero-order chi connectivity index (χ0) is 11.4. The molecule has 4 heteroatoms. The number of aryl methyl sites for hydroxylation is 1. The first kappa shape index (κ1) is 12.4. The Morgan fingerprint density at radius 3 is 2.75 bits per heavy atom. The maximum atomic E-state index is 5.43. The summed E-state index contributed by atoms with van der Waals surface area (Å²) in [6, 6.07) is 2.05. The van der Waals surface area contributed by atoms with Gasteiger partial charge in [0.25, 0.3) is 0 Å². The predicted octanol–water partition coefficient (Wildman–Crippen LogP) is 3.41. The normalized spacial score (nSPS) is 19.9. The summed E-state index contributed by atoms with van der Waals surface area (Å²) in [5, 5.41) is 0. The number of furan rings is 1. The predicted molar refractivity (Wildman–Crippen MR) is 70.5 cm³/mol. The average molecular weight is 258 g/mol. The largest absolute Gasteiger partial charge is 0.468 e. The summed E-state index contributed by atoms with van der Waals surface area (Å²) >= 11 is 6.40. The lowest BCUT2D eigenvalue weighted by Crippen LogP contribution is -2.33. The van der Waals surface area contributed by atoms with E-state index in [9.17, 15) is 0 Å². The third-order valence-electron chi connectivity index (χ3n) is 3.23. The van der Waals surface area contributed by atoms with E-state index in [2.05, 4.69) is 12.6 Å². The number of ether oxygens (including phenoxy) is 1. The van der Waals surface area contributed by atoms with Crippen molar-refractivity contribution in [3.63, 3.8) is 0 Å². The molecule has 0 N–H and O–H groups in total.